The van der Waals surface area contributed by atoms with Crippen molar-refractivity contribution in [1.82, 2.24) is 5.32 Å². The lowest BCUT2D eigenvalue weighted by atomic mass is 10.0. The third-order valence-corrected chi connectivity index (χ3v) is 5.00. The first-order chi connectivity index (χ1) is 11.9. The van der Waals surface area contributed by atoms with Crippen LogP contribution in [0.5, 0.6) is 11.5 Å². The number of para-hydroxylation sites is 1. The summed E-state index contributed by atoms with van der Waals surface area (Å²) in [6.45, 7) is 4.39. The molecule has 1 atom stereocenters. The van der Waals surface area contributed by atoms with Gasteiger partial charge in [-0.05, 0) is 37.8 Å². The van der Waals surface area contributed by atoms with Gasteiger partial charge in [-0.1, -0.05) is 18.2 Å². The highest BCUT2D eigenvalue weighted by Crippen LogP contribution is 2.41. The summed E-state index contributed by atoms with van der Waals surface area (Å²) in [6.07, 6.45) is 0.755. The highest BCUT2D eigenvalue weighted by molar-refractivity contribution is 7.10. The second-order valence-electron chi connectivity index (χ2n) is 6.74. The molecule has 0 bridgehead atoms. The number of aliphatic hydroxyl groups is 1. The minimum Gasteiger partial charge on any atom is -0.483 e. The molecule has 1 aromatic carbocycles. The van der Waals surface area contributed by atoms with E-state index in [1.54, 1.807) is 0 Å². The van der Waals surface area contributed by atoms with E-state index in [0.29, 0.717) is 18.7 Å². The molecule has 1 aliphatic rings. The van der Waals surface area contributed by atoms with Crippen LogP contribution in [0.2, 0.25) is 0 Å². The molecule has 2 N–H and O–H groups in total. The predicted octanol–water partition coefficient (Wildman–Crippen LogP) is 3.08. The van der Waals surface area contributed by atoms with Crippen molar-refractivity contribution in [3.8, 4) is 11.5 Å². The van der Waals surface area contributed by atoms with Gasteiger partial charge in [0, 0.05) is 23.4 Å². The number of nitrogens with one attached hydrogen (secondary N) is 1. The summed E-state index contributed by atoms with van der Waals surface area (Å²) >= 11 is 1.51. The first kappa shape index (κ1) is 17.8. The summed E-state index contributed by atoms with van der Waals surface area (Å²) in [7, 11) is 0. The predicted molar refractivity (Wildman–Crippen MR) is 97.3 cm³/mol. The maximum Gasteiger partial charge on any atom is 0.257 e. The molecule has 2 aromatic rings. The number of aliphatic hydroxyl groups excluding tert-OH is 1. The van der Waals surface area contributed by atoms with E-state index in [0.717, 1.165) is 22.6 Å². The third-order valence-electron chi connectivity index (χ3n) is 4.03. The van der Waals surface area contributed by atoms with Crippen molar-refractivity contribution < 1.29 is 19.4 Å². The van der Waals surface area contributed by atoms with Gasteiger partial charge < -0.3 is 19.9 Å². The average Bonchev–Trinajstić information content (AvgIpc) is 3.18. The fourth-order valence-corrected chi connectivity index (χ4v) is 3.61. The van der Waals surface area contributed by atoms with E-state index in [2.05, 4.69) is 5.32 Å². The lowest BCUT2D eigenvalue weighted by molar-refractivity contribution is -0.123. The number of thiophene rings is 1. The molecule has 1 aliphatic heterocycles. The first-order valence-electron chi connectivity index (χ1n) is 8.36. The number of amides is 1. The van der Waals surface area contributed by atoms with Crippen LogP contribution in [0.1, 0.15) is 36.8 Å². The van der Waals surface area contributed by atoms with Crippen molar-refractivity contribution in [3.63, 3.8) is 0 Å². The van der Waals surface area contributed by atoms with E-state index in [1.165, 1.54) is 11.3 Å². The number of hydrogen-bond acceptors (Lipinski definition) is 5. The Labute approximate surface area is 151 Å². The van der Waals surface area contributed by atoms with Crippen LogP contribution in [0, 0.1) is 0 Å². The molecule has 0 spiro atoms. The Bertz CT molecular complexity index is 727. The Morgan fingerprint density at radius 3 is 3.00 bits per heavy atom. The molecule has 134 valence electrons. The summed E-state index contributed by atoms with van der Waals surface area (Å²) in [5.74, 6) is 1.11. The van der Waals surface area contributed by atoms with Crippen molar-refractivity contribution >= 4 is 17.2 Å². The van der Waals surface area contributed by atoms with Gasteiger partial charge in [0.05, 0.1) is 6.10 Å². The van der Waals surface area contributed by atoms with Crippen LogP contribution in [0.4, 0.5) is 0 Å². The Morgan fingerprint density at radius 1 is 1.40 bits per heavy atom. The monoisotopic (exact) mass is 361 g/mol. The lowest BCUT2D eigenvalue weighted by Crippen LogP contribution is -2.30. The minimum atomic E-state index is -0.547. The second kappa shape index (κ2) is 7.45. The van der Waals surface area contributed by atoms with E-state index in [1.807, 2.05) is 49.6 Å². The van der Waals surface area contributed by atoms with E-state index < -0.39 is 6.10 Å². The summed E-state index contributed by atoms with van der Waals surface area (Å²) in [5.41, 5.74) is 0.851. The fourth-order valence-electron chi connectivity index (χ4n) is 2.87. The molecule has 25 heavy (non-hydrogen) atoms. The van der Waals surface area contributed by atoms with E-state index >= 15 is 0 Å². The second-order valence-corrected chi connectivity index (χ2v) is 7.72. The molecule has 0 saturated carbocycles. The van der Waals surface area contributed by atoms with Gasteiger partial charge in [0.2, 0.25) is 0 Å². The highest BCUT2D eigenvalue weighted by atomic mass is 32.1. The molecule has 0 aliphatic carbocycles. The normalized spacial score (nSPS) is 16.0. The smallest absolute Gasteiger partial charge is 0.257 e. The van der Waals surface area contributed by atoms with Gasteiger partial charge in [-0.2, -0.15) is 0 Å². The van der Waals surface area contributed by atoms with E-state index in [-0.39, 0.29) is 18.1 Å². The summed E-state index contributed by atoms with van der Waals surface area (Å²) in [5, 5.41) is 14.7. The van der Waals surface area contributed by atoms with Crippen LogP contribution in [0.15, 0.2) is 35.7 Å². The van der Waals surface area contributed by atoms with Crippen LogP contribution in [0.25, 0.3) is 0 Å². The van der Waals surface area contributed by atoms with Crippen molar-refractivity contribution in [1.29, 1.82) is 0 Å². The van der Waals surface area contributed by atoms with E-state index in [9.17, 15) is 9.90 Å². The molecule has 0 fully saturated rings. The number of ether oxygens (including phenoxy) is 2. The summed E-state index contributed by atoms with van der Waals surface area (Å²) in [4.78, 5) is 12.9. The van der Waals surface area contributed by atoms with Crippen molar-refractivity contribution in [2.45, 2.75) is 38.4 Å². The average molecular weight is 361 g/mol. The molecule has 5 nitrogen and oxygen atoms in total. The molecule has 1 amide bonds. The Hall–Kier alpha value is -2.05. The molecule has 1 aromatic heterocycles. The number of carbonyl (C=O) groups excluding carboxylic acids is 1. The SMILES string of the molecule is CC1(C)Cc2cccc(OCC(=O)NCCC(O)c3cccs3)c2O1. The Morgan fingerprint density at radius 2 is 2.24 bits per heavy atom. The number of fused-ring (bicyclic) bond motifs is 1. The number of benzene rings is 1. The maximum absolute atomic E-state index is 12.0. The summed E-state index contributed by atoms with van der Waals surface area (Å²) < 4.78 is 11.6. The van der Waals surface area contributed by atoms with Crippen LogP contribution in [-0.4, -0.2) is 29.8 Å². The molecule has 0 radical (unpaired) electrons. The Balaban J connectivity index is 1.45. The zero-order valence-electron chi connectivity index (χ0n) is 14.5. The zero-order chi connectivity index (χ0) is 17.9. The maximum atomic E-state index is 12.0. The number of hydrogen-bond donors (Lipinski definition) is 2. The largest absolute Gasteiger partial charge is 0.483 e. The van der Waals surface area contributed by atoms with Gasteiger partial charge >= 0.3 is 0 Å². The minimum absolute atomic E-state index is 0.0741. The topological polar surface area (TPSA) is 67.8 Å². The zero-order valence-corrected chi connectivity index (χ0v) is 15.3. The molecule has 6 heteroatoms. The van der Waals surface area contributed by atoms with Gasteiger partial charge in [-0.15, -0.1) is 11.3 Å². The molecular weight excluding hydrogens is 338 g/mol. The van der Waals surface area contributed by atoms with Gasteiger partial charge in [-0.3, -0.25) is 4.79 Å². The van der Waals surface area contributed by atoms with Crippen LogP contribution in [0.3, 0.4) is 0 Å². The number of rotatable bonds is 7. The van der Waals surface area contributed by atoms with Crippen molar-refractivity contribution in [2.24, 2.45) is 0 Å². The molecule has 0 saturated heterocycles. The van der Waals surface area contributed by atoms with Gasteiger partial charge in [0.15, 0.2) is 18.1 Å². The lowest BCUT2D eigenvalue weighted by Gasteiger charge is -2.18. The number of carbonyl (C=O) groups is 1. The van der Waals surface area contributed by atoms with Crippen LogP contribution < -0.4 is 14.8 Å². The fraction of sp³-hybridized carbons (Fsp3) is 0.421. The Kier molecular flexibility index (Phi) is 5.30. The van der Waals surface area contributed by atoms with Gasteiger partial charge in [0.25, 0.3) is 5.91 Å². The molecular formula is C19H23NO4S. The van der Waals surface area contributed by atoms with E-state index in [4.69, 9.17) is 9.47 Å². The first-order valence-corrected chi connectivity index (χ1v) is 9.24. The summed E-state index contributed by atoms with van der Waals surface area (Å²) in [6, 6.07) is 9.53. The van der Waals surface area contributed by atoms with Gasteiger partial charge in [-0.25, -0.2) is 0 Å². The van der Waals surface area contributed by atoms with Crippen LogP contribution in [-0.2, 0) is 11.2 Å². The molecule has 1 unspecified atom stereocenters. The van der Waals surface area contributed by atoms with Crippen molar-refractivity contribution in [2.75, 3.05) is 13.2 Å². The highest BCUT2D eigenvalue weighted by Gasteiger charge is 2.32. The third kappa shape index (κ3) is 4.52. The van der Waals surface area contributed by atoms with Crippen LogP contribution >= 0.6 is 11.3 Å². The molecule has 3 rings (SSSR count). The standard InChI is InChI=1S/C19H23NO4S/c1-19(2)11-13-5-3-6-15(18(13)24-19)23-12-17(22)20-9-8-14(21)16-7-4-10-25-16/h3-7,10,14,21H,8-9,11-12H2,1-2H3,(H,20,22). The van der Waals surface area contributed by atoms with Crippen molar-refractivity contribution in [3.05, 3.63) is 46.2 Å². The van der Waals surface area contributed by atoms with Gasteiger partial charge in [0.1, 0.15) is 5.60 Å². The quantitative estimate of drug-likeness (QED) is 0.795. The molecule has 2 heterocycles.